The van der Waals surface area contributed by atoms with Gasteiger partial charge in [0.1, 0.15) is 6.61 Å². The second kappa shape index (κ2) is 7.92. The Bertz CT molecular complexity index is 298. The molecule has 16 heavy (non-hydrogen) atoms. The minimum atomic E-state index is -1.04. The van der Waals surface area contributed by atoms with Crippen molar-refractivity contribution >= 4 is 28.8 Å². The summed E-state index contributed by atoms with van der Waals surface area (Å²) in [6, 6.07) is 0. The quantitative estimate of drug-likeness (QED) is 0.413. The van der Waals surface area contributed by atoms with Crippen LogP contribution in [0, 0.1) is 0 Å². The van der Waals surface area contributed by atoms with Gasteiger partial charge in [0, 0.05) is 5.75 Å². The number of thioether (sulfide) groups is 1. The topological polar surface area (TPSA) is 80.7 Å². The van der Waals surface area contributed by atoms with Crippen molar-refractivity contribution in [3.05, 3.63) is 12.2 Å². The van der Waals surface area contributed by atoms with Gasteiger partial charge in [-0.1, -0.05) is 18.3 Å². The summed E-state index contributed by atoms with van der Waals surface area (Å²) in [5.74, 6) is -1.25. The van der Waals surface area contributed by atoms with Crippen LogP contribution in [0.4, 0.5) is 0 Å². The van der Waals surface area contributed by atoms with Crippen LogP contribution in [0.15, 0.2) is 12.2 Å². The molecule has 0 fully saturated rings. The molecule has 0 atom stereocenters. The molecule has 0 saturated carbocycles. The minimum absolute atomic E-state index is 0.0993. The Hall–Kier alpha value is -1.30. The molecule has 0 unspecified atom stereocenters. The average molecular weight is 246 g/mol. The van der Waals surface area contributed by atoms with Crippen LogP contribution in [0.5, 0.6) is 0 Å². The third kappa shape index (κ3) is 8.05. The Morgan fingerprint density at radius 2 is 1.94 bits per heavy atom. The average Bonchev–Trinajstić information content (AvgIpc) is 2.20. The fourth-order valence-corrected chi connectivity index (χ4v) is 1.29. The van der Waals surface area contributed by atoms with Crippen molar-refractivity contribution in [3.63, 3.8) is 0 Å². The fraction of sp³-hybridized carbons (Fsp3) is 0.500. The highest BCUT2D eigenvalue weighted by atomic mass is 32.2. The first-order valence-corrected chi connectivity index (χ1v) is 5.62. The molecule has 5 nitrogen and oxygen atoms in total. The monoisotopic (exact) mass is 246 g/mol. The number of ether oxygens (including phenoxy) is 1. The minimum Gasteiger partial charge on any atom is -0.481 e. The first-order valence-electron chi connectivity index (χ1n) is 4.63. The Morgan fingerprint density at radius 3 is 2.44 bits per heavy atom. The van der Waals surface area contributed by atoms with Crippen LogP contribution in [0.1, 0.15) is 19.8 Å². The maximum atomic E-state index is 11.0. The van der Waals surface area contributed by atoms with Gasteiger partial charge >= 0.3 is 11.9 Å². The number of carbonyl (C=O) groups is 3. The van der Waals surface area contributed by atoms with E-state index in [1.807, 2.05) is 0 Å². The number of aliphatic carboxylic acids is 1. The lowest BCUT2D eigenvalue weighted by Crippen LogP contribution is -2.10. The zero-order valence-corrected chi connectivity index (χ0v) is 9.84. The lowest BCUT2D eigenvalue weighted by atomic mass is 10.3. The summed E-state index contributed by atoms with van der Waals surface area (Å²) in [7, 11) is 0. The van der Waals surface area contributed by atoms with Crippen LogP contribution >= 0.6 is 11.8 Å². The van der Waals surface area contributed by atoms with E-state index in [0.29, 0.717) is 11.3 Å². The maximum absolute atomic E-state index is 11.0. The van der Waals surface area contributed by atoms with E-state index in [0.717, 1.165) is 11.8 Å². The van der Waals surface area contributed by atoms with Gasteiger partial charge in [0.15, 0.2) is 0 Å². The van der Waals surface area contributed by atoms with Gasteiger partial charge in [0.2, 0.25) is 5.12 Å². The Balaban J connectivity index is 3.52. The molecular weight excluding hydrogens is 232 g/mol. The first kappa shape index (κ1) is 14.7. The van der Waals surface area contributed by atoms with E-state index < -0.39 is 11.9 Å². The standard InChI is InChI=1S/C10H14O5S/c1-7(2)10(14)16-6-5-15-9(13)4-3-8(11)12/h1,3-6H2,2H3,(H,11,12). The Morgan fingerprint density at radius 1 is 1.31 bits per heavy atom. The lowest BCUT2D eigenvalue weighted by Gasteiger charge is -2.03. The smallest absolute Gasteiger partial charge is 0.306 e. The molecule has 0 aromatic carbocycles. The van der Waals surface area contributed by atoms with Crippen LogP contribution in [-0.4, -0.2) is 34.5 Å². The summed E-state index contributed by atoms with van der Waals surface area (Å²) in [4.78, 5) is 32.1. The van der Waals surface area contributed by atoms with Crippen LogP contribution in [0.3, 0.4) is 0 Å². The highest BCUT2D eigenvalue weighted by Gasteiger charge is 2.07. The molecule has 0 aromatic rings. The molecule has 0 aliphatic carbocycles. The van der Waals surface area contributed by atoms with Crippen molar-refractivity contribution in [3.8, 4) is 0 Å². The third-order valence-electron chi connectivity index (χ3n) is 1.47. The SMILES string of the molecule is C=C(C)C(=O)SCCOC(=O)CCC(=O)O. The molecular formula is C10H14O5S. The zero-order chi connectivity index (χ0) is 12.6. The van der Waals surface area contributed by atoms with E-state index in [-0.39, 0.29) is 24.6 Å². The summed E-state index contributed by atoms with van der Waals surface area (Å²) >= 11 is 1.02. The second-order valence-electron chi connectivity index (χ2n) is 3.03. The number of hydrogen-bond donors (Lipinski definition) is 1. The molecule has 6 heteroatoms. The van der Waals surface area contributed by atoms with Crippen molar-refractivity contribution < 1.29 is 24.2 Å². The predicted octanol–water partition coefficient (Wildman–Crippen LogP) is 1.23. The van der Waals surface area contributed by atoms with Crippen molar-refractivity contribution in [2.75, 3.05) is 12.4 Å². The van der Waals surface area contributed by atoms with Crippen LogP contribution in [0.2, 0.25) is 0 Å². The van der Waals surface area contributed by atoms with Crippen molar-refractivity contribution in [1.82, 2.24) is 0 Å². The van der Waals surface area contributed by atoms with Crippen LogP contribution in [-0.2, 0) is 19.1 Å². The van der Waals surface area contributed by atoms with Gasteiger partial charge in [-0.15, -0.1) is 0 Å². The van der Waals surface area contributed by atoms with Crippen molar-refractivity contribution in [2.45, 2.75) is 19.8 Å². The normalized spacial score (nSPS) is 9.56. The number of carboxylic acids is 1. The summed E-state index contributed by atoms with van der Waals surface area (Å²) in [5.41, 5.74) is 0.446. The summed E-state index contributed by atoms with van der Waals surface area (Å²) < 4.78 is 4.72. The molecule has 1 N–H and O–H groups in total. The van der Waals surface area contributed by atoms with E-state index in [4.69, 9.17) is 9.84 Å². The number of carbonyl (C=O) groups excluding carboxylic acids is 2. The molecule has 0 bridgehead atoms. The number of carboxylic acid groups (broad SMARTS) is 1. The van der Waals surface area contributed by atoms with Gasteiger partial charge in [0.05, 0.1) is 12.8 Å². The fourth-order valence-electron chi connectivity index (χ4n) is 0.694. The molecule has 0 radical (unpaired) electrons. The molecule has 0 aliphatic rings. The van der Waals surface area contributed by atoms with Crippen molar-refractivity contribution in [1.29, 1.82) is 0 Å². The van der Waals surface area contributed by atoms with Crippen LogP contribution < -0.4 is 0 Å². The lowest BCUT2D eigenvalue weighted by molar-refractivity contribution is -0.147. The van der Waals surface area contributed by atoms with Crippen LogP contribution in [0.25, 0.3) is 0 Å². The zero-order valence-electron chi connectivity index (χ0n) is 9.02. The van der Waals surface area contributed by atoms with E-state index in [1.165, 1.54) is 0 Å². The van der Waals surface area contributed by atoms with E-state index in [2.05, 4.69) is 6.58 Å². The molecule has 0 saturated heterocycles. The van der Waals surface area contributed by atoms with Gasteiger partial charge in [-0.3, -0.25) is 14.4 Å². The van der Waals surface area contributed by atoms with Gasteiger partial charge < -0.3 is 9.84 Å². The molecule has 0 heterocycles. The number of esters is 1. The molecule has 0 rings (SSSR count). The van der Waals surface area contributed by atoms with E-state index in [9.17, 15) is 14.4 Å². The largest absolute Gasteiger partial charge is 0.481 e. The highest BCUT2D eigenvalue weighted by Crippen LogP contribution is 2.08. The van der Waals surface area contributed by atoms with E-state index >= 15 is 0 Å². The Kier molecular flexibility index (Phi) is 7.28. The summed E-state index contributed by atoms with van der Waals surface area (Å²) in [5, 5.41) is 8.16. The van der Waals surface area contributed by atoms with Gasteiger partial charge in [-0.05, 0) is 12.5 Å². The Labute approximate surface area is 97.8 Å². The highest BCUT2D eigenvalue weighted by molar-refractivity contribution is 8.14. The van der Waals surface area contributed by atoms with Gasteiger partial charge in [-0.25, -0.2) is 0 Å². The maximum Gasteiger partial charge on any atom is 0.306 e. The number of rotatable bonds is 7. The second-order valence-corrected chi connectivity index (χ2v) is 4.10. The third-order valence-corrected chi connectivity index (χ3v) is 2.45. The van der Waals surface area contributed by atoms with Crippen molar-refractivity contribution in [2.24, 2.45) is 0 Å². The molecule has 0 aliphatic heterocycles. The predicted molar refractivity (Wildman–Crippen MR) is 60.1 cm³/mol. The van der Waals surface area contributed by atoms with E-state index in [1.54, 1.807) is 6.92 Å². The summed E-state index contributed by atoms with van der Waals surface area (Å²) in [6.45, 7) is 5.18. The first-order chi connectivity index (χ1) is 7.43. The molecule has 0 amide bonds. The van der Waals surface area contributed by atoms with Gasteiger partial charge in [0.25, 0.3) is 0 Å². The molecule has 0 spiro atoms. The number of hydrogen-bond acceptors (Lipinski definition) is 5. The molecule has 0 aromatic heterocycles. The van der Waals surface area contributed by atoms with Gasteiger partial charge in [-0.2, -0.15) is 0 Å². The molecule has 90 valence electrons. The summed E-state index contributed by atoms with van der Waals surface area (Å²) in [6.07, 6.45) is -0.384.